The van der Waals surface area contributed by atoms with Gasteiger partial charge in [0.25, 0.3) is 0 Å². The molecular formula is C22H19ClN6O. The molecule has 1 aromatic carbocycles. The third-order valence-corrected chi connectivity index (χ3v) is 5.07. The summed E-state index contributed by atoms with van der Waals surface area (Å²) < 4.78 is 2.19. The van der Waals surface area contributed by atoms with Crippen molar-refractivity contribution in [2.24, 2.45) is 5.73 Å². The summed E-state index contributed by atoms with van der Waals surface area (Å²) in [5.74, 6) is -0.0251. The van der Waals surface area contributed by atoms with Crippen molar-refractivity contribution in [1.82, 2.24) is 19.5 Å². The second kappa shape index (κ2) is 7.96. The number of carbonyl (C=O) groups is 1. The molecule has 0 bridgehead atoms. The summed E-state index contributed by atoms with van der Waals surface area (Å²) in [7, 11) is 0. The van der Waals surface area contributed by atoms with Crippen molar-refractivity contribution in [3.8, 4) is 11.1 Å². The quantitative estimate of drug-likeness (QED) is 0.480. The van der Waals surface area contributed by atoms with Crippen LogP contribution in [0.15, 0.2) is 61.0 Å². The van der Waals surface area contributed by atoms with Gasteiger partial charge in [-0.25, -0.2) is 9.97 Å². The highest BCUT2D eigenvalue weighted by Crippen LogP contribution is 2.43. The Morgan fingerprint density at radius 3 is 2.77 bits per heavy atom. The lowest BCUT2D eigenvalue weighted by Crippen LogP contribution is -2.04. The molecule has 150 valence electrons. The van der Waals surface area contributed by atoms with Crippen LogP contribution in [0.25, 0.3) is 38.6 Å². The number of aryl methyl sites for hydroxylation is 1. The first kappa shape index (κ1) is 19.6. The number of allylic oxidation sites excluding steroid dienone is 1. The Morgan fingerprint density at radius 2 is 2.03 bits per heavy atom. The van der Waals surface area contributed by atoms with E-state index in [4.69, 9.17) is 17.3 Å². The van der Waals surface area contributed by atoms with Gasteiger partial charge in [-0.2, -0.15) is 0 Å². The van der Waals surface area contributed by atoms with Crippen LogP contribution in [0.1, 0.15) is 12.1 Å². The number of rotatable bonds is 2. The molecule has 1 amide bonds. The minimum Gasteiger partial charge on any atom is -0.383 e. The van der Waals surface area contributed by atoms with Gasteiger partial charge in [0.05, 0.1) is 16.6 Å². The number of halogens is 1. The summed E-state index contributed by atoms with van der Waals surface area (Å²) in [6, 6.07) is 10.2. The van der Waals surface area contributed by atoms with Gasteiger partial charge < -0.3 is 16.0 Å². The van der Waals surface area contributed by atoms with Gasteiger partial charge in [0, 0.05) is 40.9 Å². The summed E-state index contributed by atoms with van der Waals surface area (Å²) in [6.07, 6.45) is 5.43. The fourth-order valence-corrected chi connectivity index (χ4v) is 3.82. The maximum atomic E-state index is 9.65. The standard InChI is InChI=1S/C19H15N5.C3H4ClNO/c1-11-6-7-24-17(11)15(16-18(20)22-10-23-19(16)24)13-8-12-4-2-3-5-14(12)21-9-13;4-2-1-3(5)6/h2-5,8-10H,1,6-7H2,(H2,20,22,23);1-2H,(H2,5,6)/b;2-1-. The molecule has 4 N–H and O–H groups in total. The van der Waals surface area contributed by atoms with E-state index in [2.05, 4.69) is 44.0 Å². The number of pyridine rings is 1. The Morgan fingerprint density at radius 1 is 1.23 bits per heavy atom. The number of hydrogen-bond donors (Lipinski definition) is 2. The first-order chi connectivity index (χ1) is 14.5. The van der Waals surface area contributed by atoms with Gasteiger partial charge in [-0.3, -0.25) is 9.78 Å². The summed E-state index contributed by atoms with van der Waals surface area (Å²) in [5, 5.41) is 1.99. The molecule has 0 atom stereocenters. The van der Waals surface area contributed by atoms with E-state index in [-0.39, 0.29) is 0 Å². The van der Waals surface area contributed by atoms with Gasteiger partial charge >= 0.3 is 0 Å². The van der Waals surface area contributed by atoms with Crippen LogP contribution in [0.5, 0.6) is 0 Å². The van der Waals surface area contributed by atoms with Crippen LogP contribution in [-0.2, 0) is 11.3 Å². The highest BCUT2D eigenvalue weighted by molar-refractivity contribution is 6.26. The fraction of sp³-hybridized carbons (Fsp3) is 0.0909. The summed E-state index contributed by atoms with van der Waals surface area (Å²) in [5.41, 5.74) is 18.0. The predicted molar refractivity (Wildman–Crippen MR) is 121 cm³/mol. The number of nitrogens with zero attached hydrogens (tertiary/aromatic N) is 4. The lowest BCUT2D eigenvalue weighted by atomic mass is 9.99. The van der Waals surface area contributed by atoms with Crippen LogP contribution >= 0.6 is 11.6 Å². The summed E-state index contributed by atoms with van der Waals surface area (Å²) in [6.45, 7) is 5.12. The maximum absolute atomic E-state index is 9.65. The van der Waals surface area contributed by atoms with Crippen molar-refractivity contribution in [3.63, 3.8) is 0 Å². The van der Waals surface area contributed by atoms with Crippen molar-refractivity contribution < 1.29 is 4.79 Å². The van der Waals surface area contributed by atoms with Crippen molar-refractivity contribution in [2.45, 2.75) is 13.0 Å². The number of nitrogens with two attached hydrogens (primary N) is 2. The van der Waals surface area contributed by atoms with Crippen molar-refractivity contribution >= 4 is 50.8 Å². The zero-order valence-electron chi connectivity index (χ0n) is 16.0. The Hall–Kier alpha value is -3.71. The molecule has 5 rings (SSSR count). The fourth-order valence-electron chi connectivity index (χ4n) is 3.69. The number of fused-ring (bicyclic) bond motifs is 4. The number of aromatic nitrogens is 4. The van der Waals surface area contributed by atoms with E-state index in [0.29, 0.717) is 5.82 Å². The normalized spacial score (nSPS) is 12.9. The Labute approximate surface area is 177 Å². The molecule has 0 unspecified atom stereocenters. The highest BCUT2D eigenvalue weighted by Gasteiger charge is 2.27. The highest BCUT2D eigenvalue weighted by atomic mass is 35.5. The van der Waals surface area contributed by atoms with E-state index in [0.717, 1.165) is 68.9 Å². The third-order valence-electron chi connectivity index (χ3n) is 4.95. The number of para-hydroxylation sites is 1. The molecule has 1 aliphatic rings. The molecule has 0 radical (unpaired) electrons. The van der Waals surface area contributed by atoms with Gasteiger partial charge in [-0.15, -0.1) is 0 Å². The molecule has 3 aromatic heterocycles. The molecule has 4 heterocycles. The van der Waals surface area contributed by atoms with Crippen LogP contribution in [-0.4, -0.2) is 25.4 Å². The monoisotopic (exact) mass is 418 g/mol. The summed E-state index contributed by atoms with van der Waals surface area (Å²) in [4.78, 5) is 22.9. The third kappa shape index (κ3) is 3.40. The minimum absolute atomic E-state index is 0.498. The van der Waals surface area contributed by atoms with E-state index in [1.807, 2.05) is 24.4 Å². The first-order valence-corrected chi connectivity index (χ1v) is 9.67. The van der Waals surface area contributed by atoms with Gasteiger partial charge in [0.2, 0.25) is 5.91 Å². The van der Waals surface area contributed by atoms with E-state index < -0.39 is 5.91 Å². The molecule has 8 heteroatoms. The van der Waals surface area contributed by atoms with Crippen molar-refractivity contribution in [1.29, 1.82) is 0 Å². The lowest BCUT2D eigenvalue weighted by Gasteiger charge is -2.06. The Kier molecular flexibility index (Phi) is 5.20. The average molecular weight is 419 g/mol. The largest absolute Gasteiger partial charge is 0.383 e. The van der Waals surface area contributed by atoms with Crippen LogP contribution in [0.3, 0.4) is 0 Å². The number of carbonyl (C=O) groups excluding carboxylic acids is 1. The van der Waals surface area contributed by atoms with Crippen molar-refractivity contribution in [2.75, 3.05) is 5.73 Å². The molecule has 30 heavy (non-hydrogen) atoms. The zero-order valence-corrected chi connectivity index (χ0v) is 16.8. The SMILES string of the molecule is C=C1CCn2c1c(-c1cnc3ccccc3c1)c1c(N)ncnc12.NC(=O)/C=C\Cl. The second-order valence-electron chi connectivity index (χ2n) is 6.80. The van der Waals surface area contributed by atoms with Crippen LogP contribution in [0.2, 0.25) is 0 Å². The van der Waals surface area contributed by atoms with Crippen LogP contribution in [0, 0.1) is 0 Å². The molecule has 7 nitrogen and oxygen atoms in total. The number of primary amides is 1. The summed E-state index contributed by atoms with van der Waals surface area (Å²) >= 11 is 4.92. The molecular weight excluding hydrogens is 400 g/mol. The molecule has 0 saturated carbocycles. The van der Waals surface area contributed by atoms with Crippen LogP contribution in [0.4, 0.5) is 5.82 Å². The maximum Gasteiger partial charge on any atom is 0.242 e. The van der Waals surface area contributed by atoms with E-state index >= 15 is 0 Å². The molecule has 0 fully saturated rings. The molecule has 0 saturated heterocycles. The number of anilines is 1. The zero-order chi connectivity index (χ0) is 21.3. The predicted octanol–water partition coefficient (Wildman–Crippen LogP) is 3.87. The smallest absolute Gasteiger partial charge is 0.242 e. The van der Waals surface area contributed by atoms with E-state index in [1.54, 1.807) is 0 Å². The van der Waals surface area contributed by atoms with E-state index in [9.17, 15) is 4.79 Å². The Bertz CT molecular complexity index is 1320. The number of amides is 1. The second-order valence-corrected chi connectivity index (χ2v) is 7.05. The lowest BCUT2D eigenvalue weighted by molar-refractivity contribution is -0.113. The first-order valence-electron chi connectivity index (χ1n) is 9.23. The molecule has 0 spiro atoms. The molecule has 1 aliphatic heterocycles. The minimum atomic E-state index is -0.523. The van der Waals surface area contributed by atoms with Gasteiger partial charge in [-0.05, 0) is 24.1 Å². The number of hydrogen-bond acceptors (Lipinski definition) is 5. The van der Waals surface area contributed by atoms with E-state index in [1.165, 1.54) is 6.33 Å². The number of benzene rings is 1. The van der Waals surface area contributed by atoms with Gasteiger partial charge in [0.1, 0.15) is 17.8 Å². The topological polar surface area (TPSA) is 113 Å². The molecule has 0 aliphatic carbocycles. The van der Waals surface area contributed by atoms with Crippen molar-refractivity contribution in [3.05, 3.63) is 66.7 Å². The average Bonchev–Trinajstić information content (AvgIpc) is 3.27. The number of nitrogen functional groups attached to an aromatic ring is 1. The molecule has 4 aromatic rings. The van der Waals surface area contributed by atoms with Crippen LogP contribution < -0.4 is 11.5 Å². The van der Waals surface area contributed by atoms with Gasteiger partial charge in [-0.1, -0.05) is 36.4 Å². The van der Waals surface area contributed by atoms with Gasteiger partial charge in [0.15, 0.2) is 0 Å². The Balaban J connectivity index is 0.000000322.